The van der Waals surface area contributed by atoms with Crippen molar-refractivity contribution in [2.24, 2.45) is 0 Å². The van der Waals surface area contributed by atoms with Crippen LogP contribution in [0.3, 0.4) is 0 Å². The number of rotatable bonds is 6. The molecule has 3 aromatic heterocycles. The van der Waals surface area contributed by atoms with Gasteiger partial charge in [-0.3, -0.25) is 24.0 Å². The van der Waals surface area contributed by atoms with Gasteiger partial charge in [0.25, 0.3) is 11.8 Å². The largest absolute Gasteiger partial charge is 0.319 e. The molecule has 198 valence electrons. The minimum absolute atomic E-state index is 0.127. The van der Waals surface area contributed by atoms with Crippen LogP contribution in [0.4, 0.5) is 14.5 Å². The van der Waals surface area contributed by atoms with Gasteiger partial charge >= 0.3 is 0 Å². The maximum Gasteiger partial charge on any atom is 0.276 e. The molecule has 1 aliphatic rings. The van der Waals surface area contributed by atoms with E-state index >= 15 is 0 Å². The Kier molecular flexibility index (Phi) is 6.74. The second kappa shape index (κ2) is 9.88. The smallest absolute Gasteiger partial charge is 0.276 e. The van der Waals surface area contributed by atoms with Crippen LogP contribution in [0.5, 0.6) is 0 Å². The zero-order valence-corrected chi connectivity index (χ0v) is 22.1. The molecule has 5 rings (SSSR count). The SMILES string of the molecule is CC(C)=S(C)(=O)c1ccc(NC(=O)c2n[nH]c3ccc(-c4cncc(CN5CCC(F)(F)C5)c4)cc23)cn1. The highest BCUT2D eigenvalue weighted by Gasteiger charge is 2.37. The monoisotopic (exact) mass is 538 g/mol. The summed E-state index contributed by atoms with van der Waals surface area (Å²) in [5.74, 6) is -3.06. The number of carbonyl (C=O) groups is 1. The Morgan fingerprint density at radius 1 is 1.13 bits per heavy atom. The van der Waals surface area contributed by atoms with Gasteiger partial charge in [0, 0.05) is 58.6 Å². The number of pyridine rings is 2. The van der Waals surface area contributed by atoms with E-state index in [0.717, 1.165) is 21.6 Å². The average molecular weight is 539 g/mol. The number of carbonyl (C=O) groups excluding carboxylic acids is 1. The zero-order valence-electron chi connectivity index (χ0n) is 21.3. The van der Waals surface area contributed by atoms with E-state index in [2.05, 4.69) is 25.5 Å². The van der Waals surface area contributed by atoms with Crippen molar-refractivity contribution < 1.29 is 17.8 Å². The van der Waals surface area contributed by atoms with Crippen molar-refractivity contribution in [3.63, 3.8) is 0 Å². The van der Waals surface area contributed by atoms with E-state index in [0.29, 0.717) is 34.7 Å². The van der Waals surface area contributed by atoms with E-state index < -0.39 is 21.4 Å². The number of fused-ring (bicyclic) bond motifs is 1. The molecular weight excluding hydrogens is 510 g/mol. The van der Waals surface area contributed by atoms with Gasteiger partial charge in [-0.2, -0.15) is 5.10 Å². The highest BCUT2D eigenvalue weighted by Crippen LogP contribution is 2.29. The van der Waals surface area contributed by atoms with Crippen LogP contribution in [0, 0.1) is 0 Å². The standard InChI is InChI=1S/C27H28F2N6O2S/c1-17(2)38(3,37)24-7-5-21(14-31-24)32-26(36)25-22-11-19(4-6-23(22)33-34-25)20-10-18(12-30-13-20)15-35-9-8-27(28,29)16-35/h4-7,10-14H,8-9,15-16H2,1-3H3,(H,32,36)(H,33,34). The molecule has 1 unspecified atom stereocenters. The lowest BCUT2D eigenvalue weighted by molar-refractivity contribution is 0.0115. The molecule has 1 atom stereocenters. The predicted molar refractivity (Wildman–Crippen MR) is 145 cm³/mol. The van der Waals surface area contributed by atoms with Gasteiger partial charge in [0.1, 0.15) is 5.03 Å². The summed E-state index contributed by atoms with van der Waals surface area (Å²) in [6.07, 6.45) is 6.39. The zero-order chi connectivity index (χ0) is 27.1. The van der Waals surface area contributed by atoms with Crippen LogP contribution >= 0.6 is 0 Å². The van der Waals surface area contributed by atoms with Gasteiger partial charge in [-0.1, -0.05) is 6.07 Å². The summed E-state index contributed by atoms with van der Waals surface area (Å²) in [7, 11) is -2.36. The Hall–Kier alpha value is -3.70. The third kappa shape index (κ3) is 5.30. The molecule has 4 aromatic rings. The summed E-state index contributed by atoms with van der Waals surface area (Å²) in [6, 6.07) is 10.8. The average Bonchev–Trinajstić information content (AvgIpc) is 3.46. The number of aromatic nitrogens is 4. The van der Waals surface area contributed by atoms with Crippen molar-refractivity contribution in [2.45, 2.75) is 37.8 Å². The molecule has 38 heavy (non-hydrogen) atoms. The Bertz CT molecular complexity index is 1640. The van der Waals surface area contributed by atoms with Crippen LogP contribution in [0.1, 0.15) is 36.3 Å². The number of nitrogens with zero attached hydrogens (tertiary/aromatic N) is 4. The number of benzene rings is 1. The highest BCUT2D eigenvalue weighted by atomic mass is 32.2. The van der Waals surface area contributed by atoms with Gasteiger partial charge in [0.2, 0.25) is 0 Å². The molecule has 0 spiro atoms. The molecule has 0 radical (unpaired) electrons. The number of alkyl halides is 2. The number of aromatic amines is 1. The normalized spacial score (nSPS) is 16.9. The topological polar surface area (TPSA) is 104 Å². The maximum atomic E-state index is 13.6. The lowest BCUT2D eigenvalue weighted by Gasteiger charge is -2.15. The van der Waals surface area contributed by atoms with Gasteiger partial charge in [-0.05, 0) is 60.2 Å². The second-order valence-electron chi connectivity index (χ2n) is 9.82. The Morgan fingerprint density at radius 2 is 1.95 bits per heavy atom. The number of H-pyrrole nitrogens is 1. The van der Waals surface area contributed by atoms with Gasteiger partial charge < -0.3 is 5.32 Å². The molecular formula is C27H28F2N6O2S. The second-order valence-corrected chi connectivity index (χ2v) is 12.7. The van der Waals surface area contributed by atoms with Gasteiger partial charge in [0.15, 0.2) is 5.69 Å². The van der Waals surface area contributed by atoms with E-state index in [1.807, 2.05) is 24.3 Å². The first-order chi connectivity index (χ1) is 18.0. The summed E-state index contributed by atoms with van der Waals surface area (Å²) in [5.41, 5.74) is 3.84. The first-order valence-corrected chi connectivity index (χ1v) is 14.1. The lowest BCUT2D eigenvalue weighted by atomic mass is 10.0. The number of amides is 1. The van der Waals surface area contributed by atoms with Crippen molar-refractivity contribution in [3.05, 3.63) is 66.2 Å². The molecule has 1 fully saturated rings. The molecule has 0 aliphatic carbocycles. The molecule has 11 heteroatoms. The minimum Gasteiger partial charge on any atom is -0.319 e. The van der Waals surface area contributed by atoms with Crippen molar-refractivity contribution in [3.8, 4) is 11.1 Å². The van der Waals surface area contributed by atoms with E-state index in [9.17, 15) is 17.8 Å². The first-order valence-electron chi connectivity index (χ1n) is 12.1. The minimum atomic E-state index is -2.64. The molecule has 1 aliphatic heterocycles. The Morgan fingerprint density at radius 3 is 2.63 bits per heavy atom. The summed E-state index contributed by atoms with van der Waals surface area (Å²) < 4.78 is 40.0. The maximum absolute atomic E-state index is 13.6. The molecule has 1 saturated heterocycles. The summed E-state index contributed by atoms with van der Waals surface area (Å²) in [4.78, 5) is 24.2. The summed E-state index contributed by atoms with van der Waals surface area (Å²) >= 11 is 0. The Balaban J connectivity index is 1.36. The van der Waals surface area contributed by atoms with Gasteiger partial charge in [0.05, 0.1) is 23.9 Å². The van der Waals surface area contributed by atoms with Gasteiger partial charge in [-0.25, -0.2) is 13.8 Å². The number of likely N-dealkylation sites (tertiary alicyclic amines) is 1. The van der Waals surface area contributed by atoms with Crippen molar-refractivity contribution in [1.82, 2.24) is 25.1 Å². The lowest BCUT2D eigenvalue weighted by Crippen LogP contribution is -2.24. The molecule has 4 heterocycles. The summed E-state index contributed by atoms with van der Waals surface area (Å²) in [5, 5.41) is 11.0. The fourth-order valence-corrected chi connectivity index (χ4v) is 5.38. The number of nitrogens with one attached hydrogen (secondary N) is 2. The van der Waals surface area contributed by atoms with Crippen molar-refractivity contribution in [1.29, 1.82) is 0 Å². The third-order valence-electron chi connectivity index (χ3n) is 6.73. The third-order valence-corrected chi connectivity index (χ3v) is 9.33. The van der Waals surface area contributed by atoms with Crippen LogP contribution in [0.15, 0.2) is 60.0 Å². The first kappa shape index (κ1) is 25.9. The molecule has 1 aromatic carbocycles. The van der Waals surface area contributed by atoms with Crippen LogP contribution in [-0.2, 0) is 16.1 Å². The number of hydrogen-bond donors (Lipinski definition) is 2. The summed E-state index contributed by atoms with van der Waals surface area (Å²) in [6.45, 7) is 4.11. The van der Waals surface area contributed by atoms with Crippen molar-refractivity contribution >= 4 is 36.9 Å². The van der Waals surface area contributed by atoms with Gasteiger partial charge in [-0.15, -0.1) is 0 Å². The van der Waals surface area contributed by atoms with E-state index in [1.165, 1.54) is 6.20 Å². The molecule has 0 saturated carbocycles. The predicted octanol–water partition coefficient (Wildman–Crippen LogP) is 4.60. The fraction of sp³-hybridized carbons (Fsp3) is 0.296. The fourth-order valence-electron chi connectivity index (χ4n) is 4.38. The quantitative estimate of drug-likeness (QED) is 0.348. The van der Waals surface area contributed by atoms with Crippen LogP contribution in [0.2, 0.25) is 0 Å². The van der Waals surface area contributed by atoms with Crippen LogP contribution < -0.4 is 5.32 Å². The van der Waals surface area contributed by atoms with Crippen LogP contribution in [0.25, 0.3) is 22.0 Å². The molecule has 1 amide bonds. The highest BCUT2D eigenvalue weighted by molar-refractivity contribution is 8.01. The molecule has 0 bridgehead atoms. The van der Waals surface area contributed by atoms with Crippen molar-refractivity contribution in [2.75, 3.05) is 24.7 Å². The van der Waals surface area contributed by atoms with E-state index in [-0.39, 0.29) is 18.7 Å². The number of halogens is 2. The molecule has 8 nitrogen and oxygen atoms in total. The number of hydrogen-bond acceptors (Lipinski definition) is 6. The van der Waals surface area contributed by atoms with Crippen LogP contribution in [-0.4, -0.2) is 65.3 Å². The number of anilines is 1. The van der Waals surface area contributed by atoms with E-state index in [1.54, 1.807) is 49.5 Å². The van der Waals surface area contributed by atoms with E-state index in [4.69, 9.17) is 0 Å². The molecule has 2 N–H and O–H groups in total. The Labute approximate surface area is 219 Å².